The number of halogens is 1. The summed E-state index contributed by atoms with van der Waals surface area (Å²) in [6.45, 7) is 1.61. The maximum absolute atomic E-state index is 12.0. The van der Waals surface area contributed by atoms with Gasteiger partial charge in [-0.05, 0) is 24.6 Å². The topological polar surface area (TPSA) is 62.2 Å². The van der Waals surface area contributed by atoms with Crippen molar-refractivity contribution in [2.24, 2.45) is 0 Å². The number of carbonyl (C=O) groups excluding carboxylic acids is 1. The average molecular weight is 291 g/mol. The molecule has 0 fully saturated rings. The van der Waals surface area contributed by atoms with Crippen LogP contribution in [0.1, 0.15) is 18.9 Å². The van der Waals surface area contributed by atoms with Crippen LogP contribution in [-0.4, -0.2) is 16.0 Å². The van der Waals surface area contributed by atoms with Gasteiger partial charge < -0.3 is 10.4 Å². The van der Waals surface area contributed by atoms with Crippen LogP contribution >= 0.6 is 11.6 Å². The van der Waals surface area contributed by atoms with Crippen molar-refractivity contribution in [2.45, 2.75) is 18.9 Å². The first-order chi connectivity index (χ1) is 9.47. The molecule has 0 aliphatic carbocycles. The predicted molar refractivity (Wildman–Crippen MR) is 78.5 cm³/mol. The molecule has 0 aliphatic heterocycles. The largest absolute Gasteiger partial charge is 0.385 e. The van der Waals surface area contributed by atoms with Crippen molar-refractivity contribution in [2.75, 3.05) is 5.32 Å². The van der Waals surface area contributed by atoms with Gasteiger partial charge in [0.15, 0.2) is 0 Å². The van der Waals surface area contributed by atoms with Gasteiger partial charge in [0.1, 0.15) is 5.15 Å². The summed E-state index contributed by atoms with van der Waals surface area (Å²) < 4.78 is 0. The second kappa shape index (κ2) is 6.03. The molecule has 4 nitrogen and oxygen atoms in total. The number of aliphatic hydroxyl groups is 1. The summed E-state index contributed by atoms with van der Waals surface area (Å²) in [6, 6.07) is 12.3. The van der Waals surface area contributed by atoms with Crippen molar-refractivity contribution in [1.29, 1.82) is 0 Å². The van der Waals surface area contributed by atoms with E-state index < -0.39 is 5.60 Å². The molecule has 0 radical (unpaired) electrons. The standard InChI is InChI=1S/C15H15ClN2O2/c1-15(20,11-5-3-2-4-6-11)9-14(19)18-12-7-8-13(16)17-10-12/h2-8,10,20H,9H2,1H3,(H,18,19). The number of pyridine rings is 1. The summed E-state index contributed by atoms with van der Waals surface area (Å²) in [7, 11) is 0. The van der Waals surface area contributed by atoms with E-state index in [1.807, 2.05) is 18.2 Å². The number of nitrogens with zero attached hydrogens (tertiary/aromatic N) is 1. The van der Waals surface area contributed by atoms with Crippen LogP contribution in [-0.2, 0) is 10.4 Å². The molecule has 0 saturated carbocycles. The fourth-order valence-electron chi connectivity index (χ4n) is 1.87. The molecule has 2 N–H and O–H groups in total. The van der Waals surface area contributed by atoms with Crippen molar-refractivity contribution in [3.8, 4) is 0 Å². The molecule has 1 heterocycles. The quantitative estimate of drug-likeness (QED) is 0.851. The summed E-state index contributed by atoms with van der Waals surface area (Å²) in [5.41, 5.74) is 0.0261. The highest BCUT2D eigenvalue weighted by atomic mass is 35.5. The number of hydrogen-bond donors (Lipinski definition) is 2. The van der Waals surface area contributed by atoms with Crippen LogP contribution in [0.3, 0.4) is 0 Å². The van der Waals surface area contributed by atoms with Crippen molar-refractivity contribution < 1.29 is 9.90 Å². The minimum absolute atomic E-state index is 0.0420. The molecule has 1 amide bonds. The smallest absolute Gasteiger partial charge is 0.227 e. The molecule has 2 rings (SSSR count). The Morgan fingerprint density at radius 1 is 1.30 bits per heavy atom. The minimum Gasteiger partial charge on any atom is -0.385 e. The third kappa shape index (κ3) is 3.79. The third-order valence-electron chi connectivity index (χ3n) is 2.91. The van der Waals surface area contributed by atoms with E-state index in [2.05, 4.69) is 10.3 Å². The molecule has 0 saturated heterocycles. The SMILES string of the molecule is CC(O)(CC(=O)Nc1ccc(Cl)nc1)c1ccccc1. The number of carbonyl (C=O) groups is 1. The number of nitrogens with one attached hydrogen (secondary N) is 1. The Balaban J connectivity index is 2.02. The van der Waals surface area contributed by atoms with Crippen LogP contribution in [0.2, 0.25) is 5.15 Å². The first-order valence-electron chi connectivity index (χ1n) is 6.17. The van der Waals surface area contributed by atoms with Gasteiger partial charge in [0.2, 0.25) is 5.91 Å². The van der Waals surface area contributed by atoms with Crippen LogP contribution in [0.15, 0.2) is 48.7 Å². The molecule has 0 spiro atoms. The van der Waals surface area contributed by atoms with Gasteiger partial charge in [-0.3, -0.25) is 4.79 Å². The lowest BCUT2D eigenvalue weighted by molar-refractivity contribution is -0.120. The van der Waals surface area contributed by atoms with Crippen LogP contribution in [0.25, 0.3) is 0 Å². The van der Waals surface area contributed by atoms with E-state index in [9.17, 15) is 9.90 Å². The molecule has 1 atom stereocenters. The first-order valence-corrected chi connectivity index (χ1v) is 6.54. The summed E-state index contributed by atoms with van der Waals surface area (Å²) in [5.74, 6) is -0.289. The average Bonchev–Trinajstić information content (AvgIpc) is 2.42. The van der Waals surface area contributed by atoms with E-state index in [4.69, 9.17) is 11.6 Å². The number of benzene rings is 1. The van der Waals surface area contributed by atoms with Gasteiger partial charge in [0.25, 0.3) is 0 Å². The highest BCUT2D eigenvalue weighted by Crippen LogP contribution is 2.24. The Morgan fingerprint density at radius 2 is 2.00 bits per heavy atom. The summed E-state index contributed by atoms with van der Waals surface area (Å²) in [5, 5.41) is 13.4. The Hall–Kier alpha value is -1.91. The Bertz CT molecular complexity index is 583. The lowest BCUT2D eigenvalue weighted by atomic mass is 9.92. The van der Waals surface area contributed by atoms with Crippen molar-refractivity contribution in [1.82, 2.24) is 4.98 Å². The molecule has 0 bridgehead atoms. The van der Waals surface area contributed by atoms with E-state index in [0.717, 1.165) is 0 Å². The normalized spacial score (nSPS) is 13.6. The second-order valence-corrected chi connectivity index (χ2v) is 5.12. The van der Waals surface area contributed by atoms with E-state index in [-0.39, 0.29) is 12.3 Å². The van der Waals surface area contributed by atoms with E-state index in [0.29, 0.717) is 16.4 Å². The third-order valence-corrected chi connectivity index (χ3v) is 3.14. The highest BCUT2D eigenvalue weighted by molar-refractivity contribution is 6.29. The summed E-state index contributed by atoms with van der Waals surface area (Å²) in [4.78, 5) is 15.8. The molecule has 0 aliphatic rings. The fourth-order valence-corrected chi connectivity index (χ4v) is 1.98. The number of anilines is 1. The maximum Gasteiger partial charge on any atom is 0.227 e. The second-order valence-electron chi connectivity index (χ2n) is 4.73. The monoisotopic (exact) mass is 290 g/mol. The van der Waals surface area contributed by atoms with Crippen LogP contribution < -0.4 is 5.32 Å². The summed E-state index contributed by atoms with van der Waals surface area (Å²) in [6.07, 6.45) is 1.43. The van der Waals surface area contributed by atoms with Crippen LogP contribution in [0, 0.1) is 0 Å². The maximum atomic E-state index is 12.0. The molecule has 2 aromatic rings. The molecular weight excluding hydrogens is 276 g/mol. The molecular formula is C15H15ClN2O2. The van der Waals surface area contributed by atoms with Gasteiger partial charge in [0.05, 0.1) is 23.9 Å². The van der Waals surface area contributed by atoms with Gasteiger partial charge in [-0.15, -0.1) is 0 Å². The molecule has 5 heteroatoms. The zero-order chi connectivity index (χ0) is 14.6. The first kappa shape index (κ1) is 14.5. The zero-order valence-corrected chi connectivity index (χ0v) is 11.8. The van der Waals surface area contributed by atoms with E-state index in [1.54, 1.807) is 31.2 Å². The fraction of sp³-hybridized carbons (Fsp3) is 0.200. The number of rotatable bonds is 4. The van der Waals surface area contributed by atoms with Gasteiger partial charge in [-0.1, -0.05) is 41.9 Å². The van der Waals surface area contributed by atoms with Crippen molar-refractivity contribution in [3.63, 3.8) is 0 Å². The van der Waals surface area contributed by atoms with E-state index >= 15 is 0 Å². The zero-order valence-electron chi connectivity index (χ0n) is 11.0. The highest BCUT2D eigenvalue weighted by Gasteiger charge is 2.26. The molecule has 1 aromatic heterocycles. The summed E-state index contributed by atoms with van der Waals surface area (Å²) >= 11 is 5.67. The van der Waals surface area contributed by atoms with Crippen molar-refractivity contribution in [3.05, 3.63) is 59.4 Å². The Morgan fingerprint density at radius 3 is 2.60 bits per heavy atom. The van der Waals surface area contributed by atoms with Crippen LogP contribution in [0.4, 0.5) is 5.69 Å². The molecule has 1 aromatic carbocycles. The number of amides is 1. The van der Waals surface area contributed by atoms with Gasteiger partial charge in [-0.25, -0.2) is 4.98 Å². The minimum atomic E-state index is -1.22. The molecule has 20 heavy (non-hydrogen) atoms. The lowest BCUT2D eigenvalue weighted by Crippen LogP contribution is -2.28. The van der Waals surface area contributed by atoms with Crippen LogP contribution in [0.5, 0.6) is 0 Å². The lowest BCUT2D eigenvalue weighted by Gasteiger charge is -2.23. The number of hydrogen-bond acceptors (Lipinski definition) is 3. The molecule has 104 valence electrons. The van der Waals surface area contributed by atoms with Gasteiger partial charge in [-0.2, -0.15) is 0 Å². The van der Waals surface area contributed by atoms with Crippen molar-refractivity contribution >= 4 is 23.2 Å². The van der Waals surface area contributed by atoms with Gasteiger partial charge in [0, 0.05) is 0 Å². The predicted octanol–water partition coefficient (Wildman–Crippen LogP) is 2.97. The Kier molecular flexibility index (Phi) is 4.37. The molecule has 1 unspecified atom stereocenters. The van der Waals surface area contributed by atoms with E-state index in [1.165, 1.54) is 6.20 Å². The van der Waals surface area contributed by atoms with Gasteiger partial charge >= 0.3 is 0 Å². The Labute approximate surface area is 122 Å². The number of aromatic nitrogens is 1.